The number of hydrogen-bond donors (Lipinski definition) is 2. The molecule has 0 aliphatic carbocycles. The Kier molecular flexibility index (Phi) is 5.85. The van der Waals surface area contributed by atoms with Crippen LogP contribution in [-0.2, 0) is 0 Å². The topological polar surface area (TPSA) is 54.0 Å². The Hall–Kier alpha value is -1.10. The van der Waals surface area contributed by atoms with Crippen molar-refractivity contribution in [1.82, 2.24) is 15.6 Å². The molecule has 0 bridgehead atoms. The summed E-state index contributed by atoms with van der Waals surface area (Å²) in [6.45, 7) is 4.87. The zero-order valence-electron chi connectivity index (χ0n) is 9.82. The average molecular weight is 241 g/mol. The van der Waals surface area contributed by atoms with Crippen molar-refractivity contribution in [3.63, 3.8) is 0 Å². The summed E-state index contributed by atoms with van der Waals surface area (Å²) in [4.78, 5) is 15.7. The van der Waals surface area contributed by atoms with Crippen molar-refractivity contribution in [3.05, 3.63) is 16.6 Å². The van der Waals surface area contributed by atoms with E-state index in [0.717, 1.165) is 30.8 Å². The zero-order chi connectivity index (χ0) is 11.8. The van der Waals surface area contributed by atoms with Crippen LogP contribution in [0.15, 0.2) is 11.6 Å². The molecule has 1 heterocycles. The highest BCUT2D eigenvalue weighted by Gasteiger charge is 2.13. The lowest BCUT2D eigenvalue weighted by Gasteiger charge is -2.14. The van der Waals surface area contributed by atoms with Crippen molar-refractivity contribution < 1.29 is 4.79 Å². The van der Waals surface area contributed by atoms with E-state index in [9.17, 15) is 4.79 Å². The molecule has 1 aromatic rings. The van der Waals surface area contributed by atoms with Crippen LogP contribution in [0, 0.1) is 0 Å². The van der Waals surface area contributed by atoms with Gasteiger partial charge in [0, 0.05) is 18.1 Å². The number of carbonyl (C=O) groups excluding carboxylic acids is 1. The summed E-state index contributed by atoms with van der Waals surface area (Å²) in [6, 6.07) is -0.0721. The lowest BCUT2D eigenvalue weighted by atomic mass is 10.2. The molecule has 0 saturated heterocycles. The fourth-order valence-corrected chi connectivity index (χ4v) is 2.11. The summed E-state index contributed by atoms with van der Waals surface area (Å²) in [5.41, 5.74) is 0. The number of urea groups is 1. The van der Waals surface area contributed by atoms with Gasteiger partial charge in [-0.1, -0.05) is 20.3 Å². The monoisotopic (exact) mass is 241 g/mol. The van der Waals surface area contributed by atoms with Gasteiger partial charge >= 0.3 is 6.03 Å². The Morgan fingerprint density at radius 1 is 1.56 bits per heavy atom. The van der Waals surface area contributed by atoms with Gasteiger partial charge in [-0.25, -0.2) is 9.78 Å². The highest BCUT2D eigenvalue weighted by atomic mass is 32.1. The predicted octanol–water partition coefficient (Wildman–Crippen LogP) is 2.69. The van der Waals surface area contributed by atoms with Gasteiger partial charge < -0.3 is 10.6 Å². The molecule has 0 aromatic carbocycles. The van der Waals surface area contributed by atoms with Gasteiger partial charge in [-0.2, -0.15) is 0 Å². The normalized spacial score (nSPS) is 12.1. The number of thiazole rings is 1. The molecule has 0 fully saturated rings. The molecule has 1 aromatic heterocycles. The highest BCUT2D eigenvalue weighted by molar-refractivity contribution is 7.09. The van der Waals surface area contributed by atoms with Crippen molar-refractivity contribution in [2.75, 3.05) is 6.54 Å². The minimum absolute atomic E-state index is 0.0293. The van der Waals surface area contributed by atoms with Crippen molar-refractivity contribution in [3.8, 4) is 0 Å². The minimum Gasteiger partial charge on any atom is -0.338 e. The first kappa shape index (κ1) is 13.0. The van der Waals surface area contributed by atoms with Gasteiger partial charge in [-0.05, 0) is 12.8 Å². The molecule has 0 radical (unpaired) electrons. The minimum atomic E-state index is -0.101. The van der Waals surface area contributed by atoms with E-state index in [2.05, 4.69) is 22.5 Å². The standard InChI is InChI=1S/C11H19N3OS/c1-3-5-6-13-11(15)14-9(4-2)10-12-7-8-16-10/h7-9H,3-6H2,1-2H3,(H2,13,14,15). The van der Waals surface area contributed by atoms with Gasteiger partial charge in [0.2, 0.25) is 0 Å². The molecule has 16 heavy (non-hydrogen) atoms. The highest BCUT2D eigenvalue weighted by Crippen LogP contribution is 2.18. The van der Waals surface area contributed by atoms with Crippen LogP contribution in [0.1, 0.15) is 44.2 Å². The van der Waals surface area contributed by atoms with E-state index >= 15 is 0 Å². The average Bonchev–Trinajstić information content (AvgIpc) is 2.79. The maximum atomic E-state index is 11.5. The Morgan fingerprint density at radius 2 is 2.38 bits per heavy atom. The Labute approximate surface area is 100 Å². The summed E-state index contributed by atoms with van der Waals surface area (Å²) >= 11 is 1.57. The van der Waals surface area contributed by atoms with Crippen LogP contribution in [0.5, 0.6) is 0 Å². The molecule has 4 nitrogen and oxygen atoms in total. The van der Waals surface area contributed by atoms with Gasteiger partial charge in [-0.3, -0.25) is 0 Å². The molecule has 1 rings (SSSR count). The SMILES string of the molecule is CCCCNC(=O)NC(CC)c1nccs1. The fourth-order valence-electron chi connectivity index (χ4n) is 1.33. The lowest BCUT2D eigenvalue weighted by Crippen LogP contribution is -2.38. The maximum Gasteiger partial charge on any atom is 0.315 e. The van der Waals surface area contributed by atoms with Gasteiger partial charge in [-0.15, -0.1) is 11.3 Å². The van der Waals surface area contributed by atoms with Crippen molar-refractivity contribution in [2.45, 2.75) is 39.2 Å². The van der Waals surface area contributed by atoms with E-state index in [1.54, 1.807) is 17.5 Å². The Morgan fingerprint density at radius 3 is 2.94 bits per heavy atom. The molecule has 1 unspecified atom stereocenters. The number of nitrogens with one attached hydrogen (secondary N) is 2. The molecular weight excluding hydrogens is 222 g/mol. The Balaban J connectivity index is 2.36. The molecule has 0 saturated carbocycles. The molecular formula is C11H19N3OS. The van der Waals surface area contributed by atoms with Gasteiger partial charge in [0.15, 0.2) is 0 Å². The van der Waals surface area contributed by atoms with Crippen LogP contribution in [-0.4, -0.2) is 17.6 Å². The molecule has 5 heteroatoms. The summed E-state index contributed by atoms with van der Waals surface area (Å²) in [5.74, 6) is 0. The summed E-state index contributed by atoms with van der Waals surface area (Å²) in [7, 11) is 0. The summed E-state index contributed by atoms with van der Waals surface area (Å²) in [5, 5.41) is 8.65. The first-order valence-corrected chi connectivity index (χ1v) is 6.59. The molecule has 2 amide bonds. The summed E-state index contributed by atoms with van der Waals surface area (Å²) < 4.78 is 0. The second kappa shape index (κ2) is 7.22. The van der Waals surface area contributed by atoms with Gasteiger partial charge in [0.1, 0.15) is 5.01 Å². The quantitative estimate of drug-likeness (QED) is 0.752. The fraction of sp³-hybridized carbons (Fsp3) is 0.636. The third-order valence-electron chi connectivity index (χ3n) is 2.28. The van der Waals surface area contributed by atoms with E-state index in [1.807, 2.05) is 12.3 Å². The largest absolute Gasteiger partial charge is 0.338 e. The third-order valence-corrected chi connectivity index (χ3v) is 3.17. The second-order valence-corrected chi connectivity index (χ2v) is 4.51. The summed E-state index contributed by atoms with van der Waals surface area (Å²) in [6.07, 6.45) is 4.72. The number of rotatable bonds is 6. The van der Waals surface area contributed by atoms with E-state index in [-0.39, 0.29) is 12.1 Å². The van der Waals surface area contributed by atoms with E-state index < -0.39 is 0 Å². The lowest BCUT2D eigenvalue weighted by molar-refractivity contribution is 0.236. The smallest absolute Gasteiger partial charge is 0.315 e. The Bertz CT molecular complexity index is 300. The molecule has 0 aliphatic rings. The van der Waals surface area contributed by atoms with Crippen LogP contribution < -0.4 is 10.6 Å². The zero-order valence-corrected chi connectivity index (χ0v) is 10.6. The number of nitrogens with zero attached hydrogens (tertiary/aromatic N) is 1. The first-order valence-electron chi connectivity index (χ1n) is 5.71. The van der Waals surface area contributed by atoms with E-state index in [1.165, 1.54) is 0 Å². The van der Waals surface area contributed by atoms with Crippen molar-refractivity contribution >= 4 is 17.4 Å². The van der Waals surface area contributed by atoms with Gasteiger partial charge in [0.05, 0.1) is 6.04 Å². The van der Waals surface area contributed by atoms with Crippen molar-refractivity contribution in [2.24, 2.45) is 0 Å². The molecule has 0 aliphatic heterocycles. The van der Waals surface area contributed by atoms with Crippen LogP contribution in [0.2, 0.25) is 0 Å². The van der Waals surface area contributed by atoms with E-state index in [0.29, 0.717) is 0 Å². The molecule has 1 atom stereocenters. The number of hydrogen-bond acceptors (Lipinski definition) is 3. The van der Waals surface area contributed by atoms with Crippen LogP contribution in [0.4, 0.5) is 4.79 Å². The van der Waals surface area contributed by atoms with E-state index in [4.69, 9.17) is 0 Å². The van der Waals surface area contributed by atoms with Crippen LogP contribution in [0.25, 0.3) is 0 Å². The van der Waals surface area contributed by atoms with Crippen LogP contribution in [0.3, 0.4) is 0 Å². The molecule has 90 valence electrons. The number of unbranched alkanes of at least 4 members (excludes halogenated alkanes) is 1. The van der Waals surface area contributed by atoms with Gasteiger partial charge in [0.25, 0.3) is 0 Å². The number of aromatic nitrogens is 1. The number of amides is 2. The molecule has 0 spiro atoms. The second-order valence-electron chi connectivity index (χ2n) is 3.58. The maximum absolute atomic E-state index is 11.5. The van der Waals surface area contributed by atoms with Crippen molar-refractivity contribution in [1.29, 1.82) is 0 Å². The number of carbonyl (C=O) groups is 1. The molecule has 2 N–H and O–H groups in total. The first-order chi connectivity index (χ1) is 7.77. The predicted molar refractivity (Wildman–Crippen MR) is 66.6 cm³/mol. The van der Waals surface area contributed by atoms with Crippen LogP contribution >= 0.6 is 11.3 Å². The third kappa shape index (κ3) is 4.18.